The second kappa shape index (κ2) is 5.06. The highest BCUT2D eigenvalue weighted by Gasteiger charge is 1.94. The van der Waals surface area contributed by atoms with Crippen LogP contribution in [0.1, 0.15) is 13.3 Å². The molecule has 0 rings (SSSR count). The molecule has 0 spiro atoms. The molecule has 0 aromatic heterocycles. The average molecular weight is 117 g/mol. The maximum atomic E-state index is 4.87. The van der Waals surface area contributed by atoms with Crippen LogP contribution in [-0.2, 0) is 4.74 Å². The predicted molar refractivity (Wildman–Crippen MR) is 33.2 cm³/mol. The fourth-order valence-electron chi connectivity index (χ4n) is 0.422. The number of nitrogens with two attached hydrogens (primary N) is 1. The van der Waals surface area contributed by atoms with Crippen LogP contribution in [0.15, 0.2) is 0 Å². The van der Waals surface area contributed by atoms with Crippen molar-refractivity contribution in [3.63, 3.8) is 0 Å². The SMILES string of the molecule is [CH2-][NH2+]C(C)CCOC. The summed E-state index contributed by atoms with van der Waals surface area (Å²) in [6.45, 7) is 2.97. The lowest BCUT2D eigenvalue weighted by atomic mass is 10.2. The van der Waals surface area contributed by atoms with Crippen molar-refractivity contribution in [2.75, 3.05) is 13.7 Å². The number of rotatable bonds is 4. The Morgan fingerprint density at radius 1 is 1.75 bits per heavy atom. The van der Waals surface area contributed by atoms with Gasteiger partial charge >= 0.3 is 0 Å². The minimum Gasteiger partial charge on any atom is -0.477 e. The van der Waals surface area contributed by atoms with Crippen LogP contribution in [0.4, 0.5) is 0 Å². The molecule has 50 valence electrons. The van der Waals surface area contributed by atoms with Gasteiger partial charge in [0, 0.05) is 13.5 Å². The number of quaternary nitrogens is 1. The van der Waals surface area contributed by atoms with Crippen LogP contribution in [0.3, 0.4) is 0 Å². The lowest BCUT2D eigenvalue weighted by Gasteiger charge is -2.08. The first-order valence-electron chi connectivity index (χ1n) is 2.92. The molecule has 0 heterocycles. The van der Waals surface area contributed by atoms with Crippen LogP contribution in [0, 0.1) is 7.05 Å². The van der Waals surface area contributed by atoms with E-state index < -0.39 is 0 Å². The molecule has 8 heavy (non-hydrogen) atoms. The van der Waals surface area contributed by atoms with E-state index in [4.69, 9.17) is 4.74 Å². The van der Waals surface area contributed by atoms with Crippen molar-refractivity contribution < 1.29 is 10.1 Å². The Balaban J connectivity index is 2.86. The van der Waals surface area contributed by atoms with Gasteiger partial charge in [-0.15, -0.1) is 0 Å². The summed E-state index contributed by atoms with van der Waals surface area (Å²) in [5.41, 5.74) is 0. The first-order valence-corrected chi connectivity index (χ1v) is 2.92. The van der Waals surface area contributed by atoms with Crippen molar-refractivity contribution in [1.29, 1.82) is 0 Å². The minimum absolute atomic E-state index is 0.593. The van der Waals surface area contributed by atoms with Gasteiger partial charge in [-0.05, 0) is 6.92 Å². The molecule has 1 unspecified atom stereocenters. The Morgan fingerprint density at radius 3 is 2.75 bits per heavy atom. The molecule has 0 bridgehead atoms. The van der Waals surface area contributed by atoms with Crippen LogP contribution in [-0.4, -0.2) is 19.8 Å². The van der Waals surface area contributed by atoms with Crippen LogP contribution in [0.5, 0.6) is 0 Å². The van der Waals surface area contributed by atoms with Gasteiger partial charge in [-0.25, -0.2) is 0 Å². The van der Waals surface area contributed by atoms with Gasteiger partial charge in [0.25, 0.3) is 0 Å². The van der Waals surface area contributed by atoms with E-state index in [1.165, 1.54) is 0 Å². The summed E-state index contributed by atoms with van der Waals surface area (Å²) < 4.78 is 4.87. The monoisotopic (exact) mass is 117 g/mol. The summed E-state index contributed by atoms with van der Waals surface area (Å²) in [4.78, 5) is 0. The largest absolute Gasteiger partial charge is 0.477 e. The van der Waals surface area contributed by atoms with E-state index in [0.29, 0.717) is 6.04 Å². The first kappa shape index (κ1) is 7.92. The van der Waals surface area contributed by atoms with Gasteiger partial charge in [0.05, 0.1) is 12.6 Å². The second-order valence-corrected chi connectivity index (χ2v) is 1.99. The van der Waals surface area contributed by atoms with Gasteiger partial charge < -0.3 is 10.1 Å². The average Bonchev–Trinajstić information content (AvgIpc) is 1.83. The molecule has 0 aliphatic rings. The number of hydrogen-bond acceptors (Lipinski definition) is 1. The van der Waals surface area contributed by atoms with E-state index in [1.807, 2.05) is 5.32 Å². The summed E-state index contributed by atoms with van der Waals surface area (Å²) in [5.74, 6) is 0. The van der Waals surface area contributed by atoms with E-state index in [1.54, 1.807) is 7.11 Å². The smallest absolute Gasteiger partial charge is 0.0613 e. The lowest BCUT2D eigenvalue weighted by Crippen LogP contribution is -2.82. The van der Waals surface area contributed by atoms with Crippen molar-refractivity contribution >= 4 is 0 Å². The van der Waals surface area contributed by atoms with Crippen molar-refractivity contribution in [3.05, 3.63) is 7.05 Å². The van der Waals surface area contributed by atoms with Gasteiger partial charge in [0.1, 0.15) is 0 Å². The summed E-state index contributed by atoms with van der Waals surface area (Å²) in [6, 6.07) is 0.593. The Kier molecular flexibility index (Phi) is 5.01. The second-order valence-electron chi connectivity index (χ2n) is 1.99. The number of hydrogen-bond donors (Lipinski definition) is 1. The lowest BCUT2D eigenvalue weighted by molar-refractivity contribution is -0.631. The minimum atomic E-state index is 0.593. The highest BCUT2D eigenvalue weighted by molar-refractivity contribution is 4.42. The normalized spacial score (nSPS) is 13.9. The van der Waals surface area contributed by atoms with E-state index in [9.17, 15) is 0 Å². The van der Waals surface area contributed by atoms with E-state index in [2.05, 4.69) is 14.0 Å². The van der Waals surface area contributed by atoms with Crippen LogP contribution in [0.25, 0.3) is 0 Å². The zero-order chi connectivity index (χ0) is 6.41. The maximum Gasteiger partial charge on any atom is 0.0613 e. The highest BCUT2D eigenvalue weighted by Crippen LogP contribution is 1.82. The third-order valence-corrected chi connectivity index (χ3v) is 1.18. The zero-order valence-electron chi connectivity index (χ0n) is 5.68. The molecule has 0 fully saturated rings. The summed E-state index contributed by atoms with van der Waals surface area (Å²) >= 11 is 0. The summed E-state index contributed by atoms with van der Waals surface area (Å²) in [7, 11) is 5.38. The van der Waals surface area contributed by atoms with Gasteiger partial charge in [-0.3, -0.25) is 0 Å². The molecule has 0 radical (unpaired) electrons. The molecule has 0 aromatic carbocycles. The molecular formula is C6H15NO. The predicted octanol–water partition coefficient (Wildman–Crippen LogP) is -0.234. The molecule has 0 aromatic rings. The van der Waals surface area contributed by atoms with Crippen molar-refractivity contribution in [3.8, 4) is 0 Å². The molecule has 2 N–H and O–H groups in total. The molecule has 0 amide bonds. The standard InChI is InChI=1S/C6H15NO/c1-6(7-2)4-5-8-3/h6H,2,4-5,7H2,1,3H3. The fraction of sp³-hybridized carbons (Fsp3) is 0.833. The van der Waals surface area contributed by atoms with Crippen LogP contribution >= 0.6 is 0 Å². The van der Waals surface area contributed by atoms with E-state index >= 15 is 0 Å². The molecule has 0 saturated carbocycles. The Hall–Kier alpha value is -0.0800. The topological polar surface area (TPSA) is 25.8 Å². The van der Waals surface area contributed by atoms with Crippen LogP contribution < -0.4 is 5.32 Å². The molecule has 2 nitrogen and oxygen atoms in total. The van der Waals surface area contributed by atoms with Crippen molar-refractivity contribution in [2.45, 2.75) is 19.4 Å². The Bertz CT molecular complexity index is 47.8. The van der Waals surface area contributed by atoms with Gasteiger partial charge in [-0.1, -0.05) is 0 Å². The van der Waals surface area contributed by atoms with Crippen molar-refractivity contribution in [2.24, 2.45) is 0 Å². The molecule has 0 saturated heterocycles. The summed E-state index contributed by atoms with van der Waals surface area (Å²) in [5, 5.41) is 1.94. The fourth-order valence-corrected chi connectivity index (χ4v) is 0.422. The highest BCUT2D eigenvalue weighted by atomic mass is 16.5. The molecule has 2 heteroatoms. The Morgan fingerprint density at radius 2 is 2.38 bits per heavy atom. The van der Waals surface area contributed by atoms with E-state index in [0.717, 1.165) is 13.0 Å². The van der Waals surface area contributed by atoms with Gasteiger partial charge in [-0.2, -0.15) is 7.05 Å². The molecular weight excluding hydrogens is 102 g/mol. The number of ether oxygens (including phenoxy) is 1. The third-order valence-electron chi connectivity index (χ3n) is 1.18. The zero-order valence-corrected chi connectivity index (χ0v) is 5.68. The molecule has 0 aliphatic carbocycles. The summed E-state index contributed by atoms with van der Waals surface area (Å²) in [6.07, 6.45) is 1.08. The first-order chi connectivity index (χ1) is 3.81. The molecule has 0 aliphatic heterocycles. The van der Waals surface area contributed by atoms with Gasteiger partial charge in [0.2, 0.25) is 0 Å². The van der Waals surface area contributed by atoms with Crippen molar-refractivity contribution in [1.82, 2.24) is 0 Å². The van der Waals surface area contributed by atoms with E-state index in [-0.39, 0.29) is 0 Å². The Labute approximate surface area is 51.2 Å². The molecule has 1 atom stereocenters. The van der Waals surface area contributed by atoms with Crippen LogP contribution in [0.2, 0.25) is 0 Å². The number of methoxy groups -OCH3 is 1. The van der Waals surface area contributed by atoms with Gasteiger partial charge in [0.15, 0.2) is 0 Å². The third kappa shape index (κ3) is 4.09. The maximum absolute atomic E-state index is 4.87. The quantitative estimate of drug-likeness (QED) is 0.505.